The predicted octanol–water partition coefficient (Wildman–Crippen LogP) is 3.01. The number of aromatic nitrogens is 4. The summed E-state index contributed by atoms with van der Waals surface area (Å²) in [5, 5.41) is 10.6. The van der Waals surface area contributed by atoms with Crippen molar-refractivity contribution < 1.29 is 9.84 Å². The smallest absolute Gasteiger partial charge is 0.316 e. The van der Waals surface area contributed by atoms with Gasteiger partial charge in [0.1, 0.15) is 5.52 Å². The van der Waals surface area contributed by atoms with Gasteiger partial charge >= 0.3 is 6.01 Å². The maximum absolute atomic E-state index is 9.99. The number of imidazole rings is 1. The van der Waals surface area contributed by atoms with Gasteiger partial charge in [-0.25, -0.2) is 4.98 Å². The van der Waals surface area contributed by atoms with Gasteiger partial charge in [-0.05, 0) is 32.4 Å². The Labute approximate surface area is 156 Å². The number of methoxy groups -OCH3 is 1. The highest BCUT2D eigenvalue weighted by Crippen LogP contribution is 2.39. The molecule has 4 rings (SSSR count). The zero-order valence-corrected chi connectivity index (χ0v) is 15.7. The van der Waals surface area contributed by atoms with Gasteiger partial charge in [0.05, 0.1) is 47.4 Å². The third-order valence-corrected chi connectivity index (χ3v) is 5.13. The zero-order valence-electron chi connectivity index (χ0n) is 14.9. The van der Waals surface area contributed by atoms with Crippen molar-refractivity contribution in [1.29, 1.82) is 0 Å². The zero-order chi connectivity index (χ0) is 18.4. The minimum atomic E-state index is -0.104. The van der Waals surface area contributed by atoms with Crippen LogP contribution in [0.2, 0.25) is 5.02 Å². The van der Waals surface area contributed by atoms with Crippen molar-refractivity contribution in [3.05, 3.63) is 34.6 Å². The summed E-state index contributed by atoms with van der Waals surface area (Å²) in [6, 6.07) is 6.00. The molecule has 0 saturated carbocycles. The maximum atomic E-state index is 9.99. The summed E-state index contributed by atoms with van der Waals surface area (Å²) in [5.41, 5.74) is 4.15. The van der Waals surface area contributed by atoms with Gasteiger partial charge in [-0.15, -0.1) is 0 Å². The molecule has 3 aromatic rings. The first kappa shape index (κ1) is 17.1. The van der Waals surface area contributed by atoms with Crippen LogP contribution in [0.15, 0.2) is 18.2 Å². The molecule has 0 aliphatic carbocycles. The molecule has 1 aliphatic heterocycles. The minimum Gasteiger partial charge on any atom is -0.467 e. The van der Waals surface area contributed by atoms with Crippen LogP contribution in [0.4, 0.5) is 11.6 Å². The van der Waals surface area contributed by atoms with Crippen LogP contribution < -0.4 is 9.64 Å². The third kappa shape index (κ3) is 2.50. The Morgan fingerprint density at radius 3 is 2.62 bits per heavy atom. The molecule has 3 heterocycles. The molecule has 2 aromatic heterocycles. The Morgan fingerprint density at radius 2 is 1.96 bits per heavy atom. The Hall–Kier alpha value is -2.38. The van der Waals surface area contributed by atoms with Crippen molar-refractivity contribution in [2.75, 3.05) is 18.6 Å². The second-order valence-corrected chi connectivity index (χ2v) is 6.80. The number of fused-ring (bicyclic) bond motifs is 3. The number of hydrogen-bond donors (Lipinski definition) is 1. The van der Waals surface area contributed by atoms with Crippen LogP contribution in [0.5, 0.6) is 6.01 Å². The Kier molecular flexibility index (Phi) is 4.20. The maximum Gasteiger partial charge on any atom is 0.316 e. The summed E-state index contributed by atoms with van der Waals surface area (Å²) in [5.74, 6) is 0.748. The normalized spacial score (nSPS) is 16.8. The van der Waals surface area contributed by atoms with Crippen molar-refractivity contribution in [1.82, 2.24) is 19.5 Å². The van der Waals surface area contributed by atoms with Gasteiger partial charge in [0, 0.05) is 6.54 Å². The van der Waals surface area contributed by atoms with E-state index in [0.29, 0.717) is 11.0 Å². The van der Waals surface area contributed by atoms with Gasteiger partial charge in [-0.3, -0.25) is 0 Å². The first-order chi connectivity index (χ1) is 12.5. The molecule has 1 N–H and O–H groups in total. The Balaban J connectivity index is 1.96. The van der Waals surface area contributed by atoms with Gasteiger partial charge < -0.3 is 19.3 Å². The molecule has 136 valence electrons. The Bertz CT molecular complexity index is 964. The molecule has 7 nitrogen and oxygen atoms in total. The third-order valence-electron chi connectivity index (χ3n) is 4.82. The summed E-state index contributed by atoms with van der Waals surface area (Å²) in [6.07, 6.45) is 0.784. The largest absolute Gasteiger partial charge is 0.467 e. The lowest BCUT2D eigenvalue weighted by Gasteiger charge is -2.37. The number of hydrogen-bond acceptors (Lipinski definition) is 6. The average Bonchev–Trinajstić information content (AvgIpc) is 3.01. The second kappa shape index (κ2) is 6.41. The number of rotatable bonds is 3. The number of para-hydroxylation sites is 1. The summed E-state index contributed by atoms with van der Waals surface area (Å²) in [6.45, 7) is 4.61. The van der Waals surface area contributed by atoms with Crippen LogP contribution in [0.3, 0.4) is 0 Å². The molecule has 0 amide bonds. The number of aliphatic hydroxyl groups excluding tert-OH is 1. The molecular weight excluding hydrogens is 354 g/mol. The number of nitrogens with zero attached hydrogens (tertiary/aromatic N) is 5. The highest BCUT2D eigenvalue weighted by Gasteiger charge is 2.33. The highest BCUT2D eigenvalue weighted by molar-refractivity contribution is 6.35. The molecule has 0 radical (unpaired) electrons. The number of benzene rings is 1. The lowest BCUT2D eigenvalue weighted by molar-refractivity contribution is 0.247. The van der Waals surface area contributed by atoms with Crippen molar-refractivity contribution in [3.63, 3.8) is 0 Å². The van der Waals surface area contributed by atoms with Crippen molar-refractivity contribution in [2.24, 2.45) is 0 Å². The summed E-state index contributed by atoms with van der Waals surface area (Å²) in [7, 11) is 1.55. The van der Waals surface area contributed by atoms with Crippen molar-refractivity contribution in [2.45, 2.75) is 32.9 Å². The van der Waals surface area contributed by atoms with Crippen LogP contribution in [-0.2, 0) is 6.54 Å². The summed E-state index contributed by atoms with van der Waals surface area (Å²) < 4.78 is 7.31. The van der Waals surface area contributed by atoms with E-state index < -0.39 is 0 Å². The number of aryl methyl sites for hydroxylation is 3. The molecule has 1 aliphatic rings. The van der Waals surface area contributed by atoms with Gasteiger partial charge in [-0.2, -0.15) is 9.97 Å². The second-order valence-electron chi connectivity index (χ2n) is 6.40. The predicted molar refractivity (Wildman–Crippen MR) is 100 cm³/mol. The lowest BCUT2D eigenvalue weighted by Crippen LogP contribution is -2.41. The van der Waals surface area contributed by atoms with E-state index in [-0.39, 0.29) is 12.6 Å². The van der Waals surface area contributed by atoms with E-state index in [1.54, 1.807) is 7.11 Å². The van der Waals surface area contributed by atoms with Gasteiger partial charge in [0.25, 0.3) is 0 Å². The van der Waals surface area contributed by atoms with Crippen LogP contribution in [0.1, 0.15) is 17.8 Å². The molecule has 1 aromatic carbocycles. The number of halogens is 1. The van der Waals surface area contributed by atoms with Crippen molar-refractivity contribution >= 4 is 34.3 Å². The summed E-state index contributed by atoms with van der Waals surface area (Å²) >= 11 is 6.36. The van der Waals surface area contributed by atoms with E-state index in [2.05, 4.69) is 14.5 Å². The molecule has 0 fully saturated rings. The molecule has 0 spiro atoms. The number of anilines is 2. The van der Waals surface area contributed by atoms with E-state index in [1.807, 2.05) is 36.9 Å². The van der Waals surface area contributed by atoms with Crippen molar-refractivity contribution in [3.8, 4) is 6.01 Å². The van der Waals surface area contributed by atoms with E-state index in [0.717, 1.165) is 47.0 Å². The average molecular weight is 374 g/mol. The van der Waals surface area contributed by atoms with Gasteiger partial charge in [0.2, 0.25) is 5.95 Å². The van der Waals surface area contributed by atoms with E-state index in [1.165, 1.54) is 0 Å². The van der Waals surface area contributed by atoms with Crippen LogP contribution in [-0.4, -0.2) is 44.4 Å². The fourth-order valence-corrected chi connectivity index (χ4v) is 3.86. The minimum absolute atomic E-state index is 0.0157. The summed E-state index contributed by atoms with van der Waals surface area (Å²) in [4.78, 5) is 15.7. The molecule has 1 unspecified atom stereocenters. The first-order valence-corrected chi connectivity index (χ1v) is 8.87. The number of aliphatic hydroxyl groups is 1. The molecule has 0 saturated heterocycles. The fourth-order valence-electron chi connectivity index (χ4n) is 3.65. The fraction of sp³-hybridized carbons (Fsp3) is 0.389. The van der Waals surface area contributed by atoms with Crippen LogP contribution >= 0.6 is 11.6 Å². The molecule has 8 heteroatoms. The van der Waals surface area contributed by atoms with Crippen LogP contribution in [0, 0.1) is 13.8 Å². The topological polar surface area (TPSA) is 76.3 Å². The molecule has 26 heavy (non-hydrogen) atoms. The van der Waals surface area contributed by atoms with E-state index in [4.69, 9.17) is 21.3 Å². The molecule has 1 atom stereocenters. The van der Waals surface area contributed by atoms with Gasteiger partial charge in [-0.1, -0.05) is 17.7 Å². The number of ether oxygens (including phenoxy) is 1. The highest BCUT2D eigenvalue weighted by atomic mass is 35.5. The SMILES string of the molecule is COc1nc(C)c(N2c3nc4c(Cl)cccc4n3CCC2CO)c(C)n1. The Morgan fingerprint density at radius 1 is 1.23 bits per heavy atom. The molecule has 0 bridgehead atoms. The van der Waals surface area contributed by atoms with Crippen LogP contribution in [0.25, 0.3) is 11.0 Å². The quantitative estimate of drug-likeness (QED) is 0.760. The standard InChI is InChI=1S/C18H20ClN5O2/c1-10-16(11(2)21-17(20-10)26-3)24-12(9-25)7-8-23-14-6-4-5-13(19)15(14)22-18(23)24/h4-6,12,25H,7-9H2,1-3H3. The van der Waals surface area contributed by atoms with E-state index in [9.17, 15) is 5.11 Å². The first-order valence-electron chi connectivity index (χ1n) is 8.49. The monoisotopic (exact) mass is 373 g/mol. The molecular formula is C18H20ClN5O2. The van der Waals surface area contributed by atoms with E-state index >= 15 is 0 Å². The lowest BCUT2D eigenvalue weighted by atomic mass is 10.1. The van der Waals surface area contributed by atoms with Gasteiger partial charge in [0.15, 0.2) is 0 Å².